The summed E-state index contributed by atoms with van der Waals surface area (Å²) < 4.78 is 23.5. The monoisotopic (exact) mass is 417 g/mol. The van der Waals surface area contributed by atoms with Crippen molar-refractivity contribution >= 4 is 11.9 Å². The van der Waals surface area contributed by atoms with Gasteiger partial charge in [-0.1, -0.05) is 24.9 Å². The summed E-state index contributed by atoms with van der Waals surface area (Å²) >= 11 is 0. The minimum atomic E-state index is -0.622. The first-order valence-corrected chi connectivity index (χ1v) is 9.78. The summed E-state index contributed by atoms with van der Waals surface area (Å²) in [4.78, 5) is 13.0. The summed E-state index contributed by atoms with van der Waals surface area (Å²) in [5, 5.41) is 14.9. The molecular weight excluding hydrogens is 390 g/mol. The number of aromatic nitrogens is 4. The molecule has 1 aromatic carbocycles. The van der Waals surface area contributed by atoms with E-state index in [9.17, 15) is 4.79 Å². The van der Waals surface area contributed by atoms with Crippen LogP contribution in [-0.2, 0) is 9.53 Å². The van der Waals surface area contributed by atoms with Crippen molar-refractivity contribution in [3.63, 3.8) is 0 Å². The van der Waals surface area contributed by atoms with E-state index in [1.165, 1.54) is 26.0 Å². The Balaban J connectivity index is 2.06. The third-order valence-corrected chi connectivity index (χ3v) is 4.92. The van der Waals surface area contributed by atoms with Crippen molar-refractivity contribution in [2.24, 2.45) is 0 Å². The number of anilines is 1. The van der Waals surface area contributed by atoms with Gasteiger partial charge in [0.1, 0.15) is 6.04 Å². The van der Waals surface area contributed by atoms with Crippen LogP contribution >= 0.6 is 0 Å². The van der Waals surface area contributed by atoms with Gasteiger partial charge in [-0.3, -0.25) is 0 Å². The third-order valence-electron chi connectivity index (χ3n) is 4.92. The Morgan fingerprint density at radius 1 is 1.13 bits per heavy atom. The molecule has 0 bridgehead atoms. The number of methoxy groups -OCH3 is 3. The molecule has 30 heavy (non-hydrogen) atoms. The van der Waals surface area contributed by atoms with Gasteiger partial charge in [0.15, 0.2) is 11.5 Å². The number of carbonyl (C=O) groups excluding carboxylic acids is 1. The molecule has 1 aromatic heterocycles. The highest BCUT2D eigenvalue weighted by Crippen LogP contribution is 2.43. The first-order chi connectivity index (χ1) is 14.5. The van der Waals surface area contributed by atoms with E-state index in [1.54, 1.807) is 19.1 Å². The van der Waals surface area contributed by atoms with Crippen LogP contribution in [0.15, 0.2) is 23.4 Å². The van der Waals surface area contributed by atoms with Crippen LogP contribution in [0, 0.1) is 0 Å². The second-order valence-electron chi connectivity index (χ2n) is 6.81. The number of esters is 1. The second kappa shape index (κ2) is 9.47. The molecule has 0 amide bonds. The van der Waals surface area contributed by atoms with Gasteiger partial charge in [0.05, 0.1) is 33.5 Å². The summed E-state index contributed by atoms with van der Waals surface area (Å²) in [6.45, 7) is 4.25. The smallest absolute Gasteiger partial charge is 0.338 e. The zero-order chi connectivity index (χ0) is 21.7. The third kappa shape index (κ3) is 4.03. The van der Waals surface area contributed by atoms with Crippen molar-refractivity contribution in [3.05, 3.63) is 29.0 Å². The number of nitrogens with zero attached hydrogens (tertiary/aromatic N) is 4. The lowest BCUT2D eigenvalue weighted by Crippen LogP contribution is -2.30. The first kappa shape index (κ1) is 21.4. The molecule has 1 N–H and O–H groups in total. The largest absolute Gasteiger partial charge is 0.493 e. The van der Waals surface area contributed by atoms with Crippen molar-refractivity contribution < 1.29 is 23.7 Å². The minimum absolute atomic E-state index is 0.355. The lowest BCUT2D eigenvalue weighted by atomic mass is 9.95. The van der Waals surface area contributed by atoms with Gasteiger partial charge in [-0.25, -0.2) is 4.79 Å². The fraction of sp³-hybridized carbons (Fsp3) is 0.500. The zero-order valence-electron chi connectivity index (χ0n) is 17.9. The van der Waals surface area contributed by atoms with Gasteiger partial charge in [0.2, 0.25) is 11.7 Å². The van der Waals surface area contributed by atoms with E-state index in [2.05, 4.69) is 27.8 Å². The van der Waals surface area contributed by atoms with E-state index < -0.39 is 12.0 Å². The van der Waals surface area contributed by atoms with Crippen molar-refractivity contribution in [2.45, 2.75) is 39.2 Å². The van der Waals surface area contributed by atoms with Crippen LogP contribution in [0.4, 0.5) is 5.95 Å². The lowest BCUT2D eigenvalue weighted by molar-refractivity contribution is -0.139. The summed E-state index contributed by atoms with van der Waals surface area (Å²) in [6, 6.07) is 2.93. The van der Waals surface area contributed by atoms with Gasteiger partial charge in [-0.15, -0.1) is 0 Å². The maximum absolute atomic E-state index is 13.0. The van der Waals surface area contributed by atoms with Crippen LogP contribution in [0.1, 0.15) is 44.7 Å². The molecule has 2 aromatic rings. The Bertz CT molecular complexity index is 914. The van der Waals surface area contributed by atoms with E-state index >= 15 is 0 Å². The molecule has 0 saturated heterocycles. The number of nitrogens with one attached hydrogen (secondary N) is 1. The van der Waals surface area contributed by atoms with E-state index in [0.717, 1.165) is 19.3 Å². The van der Waals surface area contributed by atoms with Crippen molar-refractivity contribution in [1.82, 2.24) is 20.2 Å². The number of rotatable bonds is 9. The molecule has 2 heterocycles. The number of allylic oxidation sites excluding steroid dienone is 1. The summed E-state index contributed by atoms with van der Waals surface area (Å²) in [5.74, 6) is 1.39. The molecule has 162 valence electrons. The Hall–Kier alpha value is -3.30. The number of ether oxygens (including phenoxy) is 4. The number of benzene rings is 1. The molecule has 1 atom stereocenters. The number of unbranched alkanes of at least 4 members (excludes halogenated alkanes) is 2. The van der Waals surface area contributed by atoms with E-state index in [4.69, 9.17) is 18.9 Å². The zero-order valence-corrected chi connectivity index (χ0v) is 17.9. The lowest BCUT2D eigenvalue weighted by Gasteiger charge is -2.28. The molecule has 0 radical (unpaired) electrons. The molecular formula is C20H27N5O5. The highest BCUT2D eigenvalue weighted by molar-refractivity contribution is 5.92. The van der Waals surface area contributed by atoms with Crippen LogP contribution in [0.3, 0.4) is 0 Å². The van der Waals surface area contributed by atoms with Crippen molar-refractivity contribution in [3.8, 4) is 17.2 Å². The molecule has 10 heteroatoms. The van der Waals surface area contributed by atoms with Crippen molar-refractivity contribution in [2.75, 3.05) is 33.3 Å². The normalized spacial score (nSPS) is 15.3. The van der Waals surface area contributed by atoms with Crippen LogP contribution in [0.2, 0.25) is 0 Å². The molecule has 0 fully saturated rings. The standard InChI is InChI=1S/C20H27N5O5/c1-6-7-8-9-30-19(26)16-12(2)21-20-22-23-24-25(20)17(16)13-10-14(27-3)18(29-5)15(11-13)28-4/h10-11,17H,6-9H2,1-5H3,(H,21,22,24)/t17-/m1/s1. The minimum Gasteiger partial charge on any atom is -0.493 e. The number of fused-ring (bicyclic) bond motifs is 1. The number of hydrogen-bond acceptors (Lipinski definition) is 9. The van der Waals surface area contributed by atoms with Gasteiger partial charge in [0.25, 0.3) is 0 Å². The highest BCUT2D eigenvalue weighted by atomic mass is 16.5. The molecule has 0 aliphatic carbocycles. The summed E-state index contributed by atoms with van der Waals surface area (Å²) in [7, 11) is 4.61. The van der Waals surface area contributed by atoms with Gasteiger partial charge < -0.3 is 24.3 Å². The molecule has 0 saturated carbocycles. The van der Waals surface area contributed by atoms with Crippen molar-refractivity contribution in [1.29, 1.82) is 0 Å². The molecule has 0 unspecified atom stereocenters. The highest BCUT2D eigenvalue weighted by Gasteiger charge is 2.36. The number of hydrogen-bond donors (Lipinski definition) is 1. The summed E-state index contributed by atoms with van der Waals surface area (Å²) in [6.07, 6.45) is 2.85. The Kier molecular flexibility index (Phi) is 6.76. The van der Waals surface area contributed by atoms with Gasteiger partial charge in [0, 0.05) is 5.70 Å². The fourth-order valence-corrected chi connectivity index (χ4v) is 3.44. The second-order valence-corrected chi connectivity index (χ2v) is 6.81. The van der Waals surface area contributed by atoms with E-state index in [1.807, 2.05) is 0 Å². The summed E-state index contributed by atoms with van der Waals surface area (Å²) in [5.41, 5.74) is 1.73. The quantitative estimate of drug-likeness (QED) is 0.486. The van der Waals surface area contributed by atoms with Crippen LogP contribution in [-0.4, -0.2) is 54.1 Å². The van der Waals surface area contributed by atoms with Gasteiger partial charge in [-0.05, 0) is 41.5 Å². The van der Waals surface area contributed by atoms with Crippen LogP contribution < -0.4 is 19.5 Å². The fourth-order valence-electron chi connectivity index (χ4n) is 3.44. The van der Waals surface area contributed by atoms with E-state index in [-0.39, 0.29) is 0 Å². The van der Waals surface area contributed by atoms with Gasteiger partial charge >= 0.3 is 5.97 Å². The average Bonchev–Trinajstić information content (AvgIpc) is 3.22. The maximum Gasteiger partial charge on any atom is 0.338 e. The molecule has 3 rings (SSSR count). The molecule has 10 nitrogen and oxygen atoms in total. The molecule has 1 aliphatic heterocycles. The van der Waals surface area contributed by atoms with E-state index in [0.29, 0.717) is 46.6 Å². The number of tetrazole rings is 1. The number of carbonyl (C=O) groups is 1. The average molecular weight is 417 g/mol. The Labute approximate surface area is 175 Å². The van der Waals surface area contributed by atoms with Gasteiger partial charge in [-0.2, -0.15) is 4.68 Å². The first-order valence-electron chi connectivity index (χ1n) is 9.78. The predicted octanol–water partition coefficient (Wildman–Crippen LogP) is 2.72. The topological polar surface area (TPSA) is 110 Å². The molecule has 0 spiro atoms. The Morgan fingerprint density at radius 3 is 2.43 bits per heavy atom. The van der Waals surface area contributed by atoms with Crippen LogP contribution in [0.25, 0.3) is 0 Å². The Morgan fingerprint density at radius 2 is 1.83 bits per heavy atom. The predicted molar refractivity (Wildman–Crippen MR) is 109 cm³/mol. The molecule has 1 aliphatic rings. The maximum atomic E-state index is 13.0. The SMILES string of the molecule is CCCCCOC(=O)C1=C(C)Nc2nnnn2[C@@H]1c1cc(OC)c(OC)c(OC)c1. The van der Waals surface area contributed by atoms with Crippen LogP contribution in [0.5, 0.6) is 17.2 Å².